The number of halogens is 1. The molecule has 1 atom stereocenters. The first-order chi connectivity index (χ1) is 18.0. The largest absolute Gasteiger partial charge is 0.486 e. The van der Waals surface area contributed by atoms with Gasteiger partial charge in [-0.15, -0.1) is 11.3 Å². The topological polar surface area (TPSA) is 108 Å². The Kier molecular flexibility index (Phi) is 5.97. The van der Waals surface area contributed by atoms with Crippen LogP contribution in [0.1, 0.15) is 11.1 Å². The molecule has 5 aromatic rings. The molecule has 4 heterocycles. The molecule has 6 rings (SSSR count). The van der Waals surface area contributed by atoms with Crippen LogP contribution in [0, 0.1) is 6.92 Å². The number of nitrogens with one attached hydrogen (secondary N) is 1. The van der Waals surface area contributed by atoms with Crippen LogP contribution in [0.25, 0.3) is 31.8 Å². The summed E-state index contributed by atoms with van der Waals surface area (Å²) in [6, 6.07) is 9.25. The summed E-state index contributed by atoms with van der Waals surface area (Å²) in [6.07, 6.45) is 4.43. The highest BCUT2D eigenvalue weighted by Crippen LogP contribution is 2.44. The van der Waals surface area contributed by atoms with E-state index in [-0.39, 0.29) is 12.7 Å². The third-order valence-electron chi connectivity index (χ3n) is 5.92. The lowest BCUT2D eigenvalue weighted by atomic mass is 10.1. The molecule has 0 saturated heterocycles. The van der Waals surface area contributed by atoms with Crippen molar-refractivity contribution in [1.82, 2.24) is 19.9 Å². The van der Waals surface area contributed by atoms with Crippen LogP contribution in [0.2, 0.25) is 5.02 Å². The predicted molar refractivity (Wildman–Crippen MR) is 142 cm³/mol. The number of methoxy groups -OCH3 is 1. The summed E-state index contributed by atoms with van der Waals surface area (Å²) in [7, 11) is 1.57. The van der Waals surface area contributed by atoms with E-state index in [2.05, 4.69) is 20.3 Å². The normalized spacial score (nSPS) is 14.4. The number of amides is 1. The van der Waals surface area contributed by atoms with Crippen molar-refractivity contribution in [2.24, 2.45) is 0 Å². The molecule has 37 heavy (non-hydrogen) atoms. The molecular weight excluding hydrogens is 514 g/mol. The number of benzene rings is 2. The molecule has 0 radical (unpaired) electrons. The van der Waals surface area contributed by atoms with Gasteiger partial charge in [0.1, 0.15) is 29.0 Å². The minimum Gasteiger partial charge on any atom is -0.486 e. The fraction of sp³-hybridized carbons (Fsp3) is 0.192. The summed E-state index contributed by atoms with van der Waals surface area (Å²) in [6.45, 7) is 2.09. The van der Waals surface area contributed by atoms with E-state index in [1.54, 1.807) is 43.9 Å². The fourth-order valence-electron chi connectivity index (χ4n) is 4.29. The molecule has 9 nitrogen and oxygen atoms in total. The predicted octanol–water partition coefficient (Wildman–Crippen LogP) is 5.82. The van der Waals surface area contributed by atoms with Crippen LogP contribution in [0.5, 0.6) is 11.6 Å². The Morgan fingerprint density at radius 1 is 1.24 bits per heavy atom. The second kappa shape index (κ2) is 9.45. The molecule has 1 amide bonds. The quantitative estimate of drug-likeness (QED) is 0.301. The van der Waals surface area contributed by atoms with Gasteiger partial charge in [-0.3, -0.25) is 10.3 Å². The zero-order chi connectivity index (χ0) is 25.5. The Hall–Kier alpha value is -4.02. The Balaban J connectivity index is 1.28. The minimum absolute atomic E-state index is 0.0888. The molecule has 0 saturated carbocycles. The number of carbonyl (C=O) groups is 1. The first-order valence-electron chi connectivity index (χ1n) is 11.4. The summed E-state index contributed by atoms with van der Waals surface area (Å²) in [4.78, 5) is 30.1. The number of carbonyl (C=O) groups excluding carboxylic acids is 1. The number of hydrogen-bond donors (Lipinski definition) is 1. The van der Waals surface area contributed by atoms with Crippen LogP contribution in [-0.4, -0.2) is 45.8 Å². The SMILES string of the molecule is COc1cnc2c(-c3nc4c(Cl)cc5c(c4s3)CC(COC(=O)Nc3cccnc3)O5)cc(C)cc2n1. The van der Waals surface area contributed by atoms with E-state index >= 15 is 0 Å². The summed E-state index contributed by atoms with van der Waals surface area (Å²) >= 11 is 8.14. The average Bonchev–Trinajstić information content (AvgIpc) is 3.52. The third-order valence-corrected chi connectivity index (χ3v) is 7.36. The Labute approximate surface area is 220 Å². The van der Waals surface area contributed by atoms with Crippen LogP contribution in [-0.2, 0) is 11.2 Å². The second-order valence-corrected chi connectivity index (χ2v) is 9.94. The van der Waals surface area contributed by atoms with Crippen LogP contribution < -0.4 is 14.8 Å². The van der Waals surface area contributed by atoms with Crippen LogP contribution >= 0.6 is 22.9 Å². The molecule has 0 spiro atoms. The zero-order valence-electron chi connectivity index (χ0n) is 19.8. The van der Waals surface area contributed by atoms with Crippen molar-refractivity contribution in [3.8, 4) is 22.2 Å². The Morgan fingerprint density at radius 2 is 2.14 bits per heavy atom. The van der Waals surface area contributed by atoms with E-state index in [4.69, 9.17) is 30.8 Å². The first kappa shape index (κ1) is 23.4. The number of anilines is 1. The fourth-order valence-corrected chi connectivity index (χ4v) is 5.74. The summed E-state index contributed by atoms with van der Waals surface area (Å²) in [5.74, 6) is 1.13. The number of pyridine rings is 1. The summed E-state index contributed by atoms with van der Waals surface area (Å²) < 4.78 is 17.6. The van der Waals surface area contributed by atoms with Crippen LogP contribution in [0.3, 0.4) is 0 Å². The molecule has 2 aromatic carbocycles. The molecule has 1 aliphatic heterocycles. The van der Waals surface area contributed by atoms with Crippen LogP contribution in [0.15, 0.2) is 48.9 Å². The van der Waals surface area contributed by atoms with Gasteiger partial charge in [0.2, 0.25) is 5.88 Å². The van der Waals surface area contributed by atoms with Gasteiger partial charge in [0.15, 0.2) is 0 Å². The summed E-state index contributed by atoms with van der Waals surface area (Å²) in [5.41, 5.74) is 5.63. The molecular formula is C26H20ClN5O4S. The van der Waals surface area contributed by atoms with Crippen molar-refractivity contribution in [2.45, 2.75) is 19.4 Å². The maximum Gasteiger partial charge on any atom is 0.411 e. The van der Waals surface area contributed by atoms with Crippen molar-refractivity contribution in [1.29, 1.82) is 0 Å². The first-order valence-corrected chi connectivity index (χ1v) is 12.6. The minimum atomic E-state index is -0.570. The molecule has 1 N–H and O–H groups in total. The number of aromatic nitrogens is 4. The monoisotopic (exact) mass is 533 g/mol. The van der Waals surface area contributed by atoms with Crippen molar-refractivity contribution in [3.05, 3.63) is 65.1 Å². The van der Waals surface area contributed by atoms with E-state index in [0.717, 1.165) is 37.4 Å². The maximum absolute atomic E-state index is 12.2. The molecule has 0 aliphatic carbocycles. The number of aryl methyl sites for hydroxylation is 1. The van der Waals surface area contributed by atoms with Gasteiger partial charge >= 0.3 is 6.09 Å². The highest BCUT2D eigenvalue weighted by atomic mass is 35.5. The highest BCUT2D eigenvalue weighted by molar-refractivity contribution is 7.22. The lowest BCUT2D eigenvalue weighted by molar-refractivity contribution is 0.102. The van der Waals surface area contributed by atoms with Gasteiger partial charge in [0.25, 0.3) is 0 Å². The number of fused-ring (bicyclic) bond motifs is 4. The van der Waals surface area contributed by atoms with Crippen molar-refractivity contribution in [2.75, 3.05) is 19.0 Å². The Morgan fingerprint density at radius 3 is 2.95 bits per heavy atom. The molecule has 1 aliphatic rings. The standard InChI is InChI=1S/C26H20ClN5O4S/c1-13-6-17(22-19(7-13)31-21(34-2)11-29-22)25-32-23-18(27)9-20-16(24(23)37-25)8-15(36-20)12-35-26(33)30-14-4-3-5-28-10-14/h3-7,9-11,15H,8,12H2,1-2H3,(H,30,33). The average molecular weight is 534 g/mol. The number of ether oxygens (including phenoxy) is 3. The molecule has 0 bridgehead atoms. The zero-order valence-corrected chi connectivity index (χ0v) is 21.4. The number of hydrogen-bond acceptors (Lipinski definition) is 9. The van der Waals surface area contributed by atoms with Crippen LogP contribution in [0.4, 0.5) is 10.5 Å². The van der Waals surface area contributed by atoms with E-state index in [1.807, 2.05) is 19.1 Å². The lowest BCUT2D eigenvalue weighted by Gasteiger charge is -2.11. The van der Waals surface area contributed by atoms with Gasteiger partial charge in [-0.2, -0.15) is 0 Å². The lowest BCUT2D eigenvalue weighted by Crippen LogP contribution is -2.25. The Bertz CT molecular complexity index is 1660. The second-order valence-electron chi connectivity index (χ2n) is 8.53. The smallest absolute Gasteiger partial charge is 0.411 e. The van der Waals surface area contributed by atoms with Gasteiger partial charge in [0, 0.05) is 29.8 Å². The third kappa shape index (κ3) is 4.49. The molecule has 186 valence electrons. The highest BCUT2D eigenvalue weighted by Gasteiger charge is 2.29. The van der Waals surface area contributed by atoms with Gasteiger partial charge in [-0.25, -0.2) is 19.7 Å². The number of nitrogens with zero attached hydrogens (tertiary/aromatic N) is 4. The van der Waals surface area contributed by atoms with Gasteiger partial charge < -0.3 is 14.2 Å². The van der Waals surface area contributed by atoms with E-state index < -0.39 is 6.09 Å². The van der Waals surface area contributed by atoms with E-state index in [0.29, 0.717) is 34.3 Å². The summed E-state index contributed by atoms with van der Waals surface area (Å²) in [5, 5.41) is 3.93. The van der Waals surface area contributed by atoms with Crippen molar-refractivity contribution >= 4 is 56.0 Å². The van der Waals surface area contributed by atoms with Gasteiger partial charge in [-0.05, 0) is 36.8 Å². The van der Waals surface area contributed by atoms with Crippen molar-refractivity contribution in [3.63, 3.8) is 0 Å². The molecule has 11 heteroatoms. The van der Waals surface area contributed by atoms with E-state index in [9.17, 15) is 4.79 Å². The number of thiazole rings is 1. The maximum atomic E-state index is 12.2. The van der Waals surface area contributed by atoms with Crippen molar-refractivity contribution < 1.29 is 19.0 Å². The van der Waals surface area contributed by atoms with Gasteiger partial charge in [-0.1, -0.05) is 11.6 Å². The van der Waals surface area contributed by atoms with Gasteiger partial charge in [0.05, 0.1) is 45.9 Å². The number of rotatable bonds is 5. The molecule has 3 aromatic heterocycles. The molecule has 0 fully saturated rings. The molecule has 1 unspecified atom stereocenters. The van der Waals surface area contributed by atoms with E-state index in [1.165, 1.54) is 11.3 Å².